The number of pyridine rings is 1. The highest BCUT2D eigenvalue weighted by Crippen LogP contribution is 2.41. The van der Waals surface area contributed by atoms with Crippen LogP contribution in [0.1, 0.15) is 40.3 Å². The average Bonchev–Trinajstić information content (AvgIpc) is 3.37. The highest BCUT2D eigenvalue weighted by Gasteiger charge is 2.35. The monoisotopic (exact) mass is 351 g/mol. The zero-order valence-corrected chi connectivity index (χ0v) is 14.2. The summed E-state index contributed by atoms with van der Waals surface area (Å²) in [5.74, 6) is 0.638. The van der Waals surface area contributed by atoms with Crippen molar-refractivity contribution in [1.29, 1.82) is 0 Å². The summed E-state index contributed by atoms with van der Waals surface area (Å²) in [6, 6.07) is 10.8. The summed E-state index contributed by atoms with van der Waals surface area (Å²) in [5.41, 5.74) is 2.24. The van der Waals surface area contributed by atoms with Crippen molar-refractivity contribution >= 4 is 5.97 Å². The average molecular weight is 351 g/mol. The molecular weight excluding hydrogens is 334 g/mol. The molecule has 26 heavy (non-hydrogen) atoms. The number of esters is 1. The predicted octanol–water partition coefficient (Wildman–Crippen LogP) is 3.16. The van der Waals surface area contributed by atoms with Crippen LogP contribution in [0, 0.1) is 0 Å². The fourth-order valence-corrected chi connectivity index (χ4v) is 3.09. The van der Waals surface area contributed by atoms with Gasteiger partial charge in [0, 0.05) is 24.6 Å². The zero-order chi connectivity index (χ0) is 17.9. The maximum absolute atomic E-state index is 11.5. The van der Waals surface area contributed by atoms with Crippen molar-refractivity contribution in [2.45, 2.75) is 18.4 Å². The lowest BCUT2D eigenvalue weighted by Crippen LogP contribution is -2.06. The van der Waals surface area contributed by atoms with Crippen molar-refractivity contribution < 1.29 is 18.8 Å². The number of benzene rings is 1. The normalized spacial score (nSPS) is 19.4. The minimum atomic E-state index is -0.382. The van der Waals surface area contributed by atoms with Gasteiger partial charge in [0.15, 0.2) is 0 Å². The van der Waals surface area contributed by atoms with Gasteiger partial charge in [-0.15, -0.1) is 0 Å². The van der Waals surface area contributed by atoms with Gasteiger partial charge in [0.25, 0.3) is 0 Å². The molecule has 0 unspecified atom stereocenters. The van der Waals surface area contributed by atoms with Gasteiger partial charge in [-0.05, 0) is 30.2 Å². The van der Waals surface area contributed by atoms with Gasteiger partial charge in [-0.3, -0.25) is 4.98 Å². The van der Waals surface area contributed by atoms with E-state index < -0.39 is 0 Å². The van der Waals surface area contributed by atoms with Gasteiger partial charge in [-0.1, -0.05) is 23.4 Å². The molecule has 0 N–H and O–H groups in total. The Hall–Kier alpha value is -3.06. The molecule has 0 bridgehead atoms. The molecule has 0 aliphatic carbocycles. The summed E-state index contributed by atoms with van der Waals surface area (Å²) in [6.45, 7) is 0.635. The lowest BCUT2D eigenvalue weighted by atomic mass is 9.96. The Morgan fingerprint density at radius 2 is 2.08 bits per heavy atom. The van der Waals surface area contributed by atoms with Gasteiger partial charge in [-0.2, -0.15) is 4.98 Å². The first-order valence-electron chi connectivity index (χ1n) is 8.30. The number of hydrogen-bond acceptors (Lipinski definition) is 7. The van der Waals surface area contributed by atoms with Crippen molar-refractivity contribution in [2.24, 2.45) is 0 Å². The fourth-order valence-electron chi connectivity index (χ4n) is 3.09. The second-order valence-corrected chi connectivity index (χ2v) is 6.00. The molecule has 1 aliphatic rings. The van der Waals surface area contributed by atoms with Crippen LogP contribution in [-0.4, -0.2) is 34.8 Å². The third-order valence-electron chi connectivity index (χ3n) is 4.43. The Bertz CT molecular complexity index is 893. The smallest absolute Gasteiger partial charge is 0.337 e. The van der Waals surface area contributed by atoms with E-state index in [0.717, 1.165) is 17.5 Å². The van der Waals surface area contributed by atoms with Crippen molar-refractivity contribution in [3.05, 3.63) is 65.8 Å². The number of carbonyl (C=O) groups excluding carboxylic acids is 1. The predicted molar refractivity (Wildman–Crippen MR) is 91.4 cm³/mol. The maximum Gasteiger partial charge on any atom is 0.337 e. The molecule has 132 valence electrons. The molecule has 4 rings (SSSR count). The Kier molecular flexibility index (Phi) is 4.45. The van der Waals surface area contributed by atoms with Crippen LogP contribution >= 0.6 is 0 Å². The topological polar surface area (TPSA) is 87.3 Å². The lowest BCUT2D eigenvalue weighted by Gasteiger charge is -2.14. The molecule has 7 nitrogen and oxygen atoms in total. The number of methoxy groups -OCH3 is 1. The molecule has 1 fully saturated rings. The van der Waals surface area contributed by atoms with Gasteiger partial charge < -0.3 is 14.0 Å². The molecule has 0 spiro atoms. The van der Waals surface area contributed by atoms with Crippen LogP contribution in [0.4, 0.5) is 0 Å². The van der Waals surface area contributed by atoms with Crippen LogP contribution in [0.5, 0.6) is 0 Å². The first kappa shape index (κ1) is 16.4. The molecule has 0 radical (unpaired) electrons. The Morgan fingerprint density at radius 3 is 2.81 bits per heavy atom. The van der Waals surface area contributed by atoms with E-state index in [0.29, 0.717) is 23.9 Å². The van der Waals surface area contributed by atoms with Crippen LogP contribution in [0.25, 0.3) is 11.4 Å². The third kappa shape index (κ3) is 3.09. The second-order valence-electron chi connectivity index (χ2n) is 6.00. The largest absolute Gasteiger partial charge is 0.465 e. The summed E-state index contributed by atoms with van der Waals surface area (Å²) in [5, 5.41) is 4.08. The first-order chi connectivity index (χ1) is 12.8. The number of carbonyl (C=O) groups is 1. The van der Waals surface area contributed by atoms with E-state index >= 15 is 0 Å². The fraction of sp³-hybridized carbons (Fsp3) is 0.263. The van der Waals surface area contributed by atoms with Crippen LogP contribution in [0.2, 0.25) is 0 Å². The van der Waals surface area contributed by atoms with E-state index in [2.05, 4.69) is 15.1 Å². The van der Waals surface area contributed by atoms with Crippen LogP contribution < -0.4 is 0 Å². The van der Waals surface area contributed by atoms with Crippen molar-refractivity contribution in [2.75, 3.05) is 13.7 Å². The van der Waals surface area contributed by atoms with Crippen molar-refractivity contribution in [1.82, 2.24) is 15.1 Å². The molecule has 3 aromatic rings. The summed E-state index contributed by atoms with van der Waals surface area (Å²) in [6.07, 6.45) is 4.20. The van der Waals surface area contributed by atoms with E-state index in [9.17, 15) is 4.79 Å². The lowest BCUT2D eigenvalue weighted by molar-refractivity contribution is 0.0600. The molecule has 7 heteroatoms. The first-order valence-corrected chi connectivity index (χ1v) is 8.30. The Labute approximate surface area is 150 Å². The van der Waals surface area contributed by atoms with E-state index in [1.807, 2.05) is 12.1 Å². The van der Waals surface area contributed by atoms with E-state index in [4.69, 9.17) is 14.0 Å². The molecule has 1 saturated heterocycles. The minimum absolute atomic E-state index is 0.00482. The summed E-state index contributed by atoms with van der Waals surface area (Å²) in [4.78, 5) is 20.2. The molecular formula is C19H17N3O4. The standard InChI is InChI=1S/C19H17N3O4/c1-24-19(23)13-6-4-12(5-7-13)17-21-18(26-22-17)15-8-10-25-16(15)14-3-2-9-20-11-14/h2-7,9,11,15-16H,8,10H2,1H3/t15-,16+/m0/s1. The van der Waals surface area contributed by atoms with Crippen LogP contribution in [-0.2, 0) is 9.47 Å². The van der Waals surface area contributed by atoms with Crippen LogP contribution in [0.15, 0.2) is 53.3 Å². The minimum Gasteiger partial charge on any atom is -0.465 e. The third-order valence-corrected chi connectivity index (χ3v) is 4.43. The summed E-state index contributed by atoms with van der Waals surface area (Å²) < 4.78 is 16.1. The molecule has 1 aromatic carbocycles. The zero-order valence-electron chi connectivity index (χ0n) is 14.2. The highest BCUT2D eigenvalue weighted by molar-refractivity contribution is 5.89. The van der Waals surface area contributed by atoms with Crippen LogP contribution in [0.3, 0.4) is 0 Å². The van der Waals surface area contributed by atoms with E-state index in [1.165, 1.54) is 7.11 Å². The van der Waals surface area contributed by atoms with Crippen molar-refractivity contribution in [3.8, 4) is 11.4 Å². The summed E-state index contributed by atoms with van der Waals surface area (Å²) >= 11 is 0. The molecule has 2 atom stereocenters. The maximum atomic E-state index is 11.5. The van der Waals surface area contributed by atoms with E-state index in [1.54, 1.807) is 36.7 Å². The second kappa shape index (κ2) is 7.05. The molecule has 0 saturated carbocycles. The number of nitrogens with zero attached hydrogens (tertiary/aromatic N) is 3. The Balaban J connectivity index is 1.57. The van der Waals surface area contributed by atoms with Gasteiger partial charge >= 0.3 is 5.97 Å². The molecule has 0 amide bonds. The van der Waals surface area contributed by atoms with Gasteiger partial charge in [0.05, 0.1) is 24.7 Å². The van der Waals surface area contributed by atoms with E-state index in [-0.39, 0.29) is 18.0 Å². The van der Waals surface area contributed by atoms with Gasteiger partial charge in [-0.25, -0.2) is 4.79 Å². The SMILES string of the molecule is COC(=O)c1ccc(-c2noc([C@H]3CCO[C@@H]3c3cccnc3)n2)cc1. The number of ether oxygens (including phenoxy) is 2. The molecule has 3 heterocycles. The molecule has 1 aliphatic heterocycles. The van der Waals surface area contributed by atoms with Gasteiger partial charge in [0.2, 0.25) is 11.7 Å². The number of rotatable bonds is 4. The highest BCUT2D eigenvalue weighted by atomic mass is 16.5. The number of aromatic nitrogens is 3. The van der Waals surface area contributed by atoms with Gasteiger partial charge in [0.1, 0.15) is 0 Å². The molecule has 2 aromatic heterocycles. The number of hydrogen-bond donors (Lipinski definition) is 0. The van der Waals surface area contributed by atoms with Crippen molar-refractivity contribution in [3.63, 3.8) is 0 Å². The Morgan fingerprint density at radius 1 is 1.23 bits per heavy atom. The quantitative estimate of drug-likeness (QED) is 0.667. The summed E-state index contributed by atoms with van der Waals surface area (Å²) in [7, 11) is 1.35.